The fourth-order valence-corrected chi connectivity index (χ4v) is 4.19. The molecule has 0 aliphatic carbocycles. The summed E-state index contributed by atoms with van der Waals surface area (Å²) in [6.07, 6.45) is 3.12. The lowest BCUT2D eigenvalue weighted by molar-refractivity contribution is -0.141. The molecule has 0 aliphatic rings. The van der Waals surface area contributed by atoms with E-state index in [1.807, 2.05) is 30.3 Å². The number of hydrogen-bond acceptors (Lipinski definition) is 7. The second kappa shape index (κ2) is 15.8. The molecule has 0 aliphatic heterocycles. The molecule has 43 heavy (non-hydrogen) atoms. The first-order valence-electron chi connectivity index (χ1n) is 13.9. The minimum Gasteiger partial charge on any atom is -0.497 e. The van der Waals surface area contributed by atoms with Gasteiger partial charge in [0.25, 0.3) is 11.8 Å². The molecule has 3 aromatic rings. The van der Waals surface area contributed by atoms with Gasteiger partial charge in [0, 0.05) is 30.9 Å². The number of benzene rings is 2. The van der Waals surface area contributed by atoms with E-state index in [2.05, 4.69) is 26.3 Å². The Labute approximate surface area is 250 Å². The van der Waals surface area contributed by atoms with Gasteiger partial charge in [-0.2, -0.15) is 0 Å². The summed E-state index contributed by atoms with van der Waals surface area (Å²) in [5.41, 5.74) is 1.87. The van der Waals surface area contributed by atoms with E-state index in [0.717, 1.165) is 11.1 Å². The molecule has 3 rings (SSSR count). The molecule has 0 saturated heterocycles. The smallest absolute Gasteiger partial charge is 0.289 e. The van der Waals surface area contributed by atoms with Crippen molar-refractivity contribution < 1.29 is 28.7 Å². The molecule has 0 saturated carbocycles. The van der Waals surface area contributed by atoms with Crippen LogP contribution < -0.4 is 26.0 Å². The second-order valence-corrected chi connectivity index (χ2v) is 10.3. The third-order valence-electron chi connectivity index (χ3n) is 6.66. The topological polar surface area (TPSA) is 156 Å². The van der Waals surface area contributed by atoms with Gasteiger partial charge in [0.1, 0.15) is 17.8 Å². The minimum atomic E-state index is -1.12. The van der Waals surface area contributed by atoms with Crippen molar-refractivity contribution in [3.63, 3.8) is 0 Å². The van der Waals surface area contributed by atoms with Crippen LogP contribution in [0.4, 0.5) is 0 Å². The van der Waals surface area contributed by atoms with E-state index in [1.165, 1.54) is 38.6 Å². The first-order valence-corrected chi connectivity index (χ1v) is 13.9. The van der Waals surface area contributed by atoms with Gasteiger partial charge in [0.05, 0.1) is 13.2 Å². The van der Waals surface area contributed by atoms with E-state index in [9.17, 15) is 24.0 Å². The molecule has 11 nitrogen and oxygen atoms in total. The number of pyridine rings is 1. The maximum absolute atomic E-state index is 13.3. The van der Waals surface area contributed by atoms with Crippen molar-refractivity contribution in [2.24, 2.45) is 5.92 Å². The van der Waals surface area contributed by atoms with Gasteiger partial charge in [-0.1, -0.05) is 56.3 Å². The summed E-state index contributed by atoms with van der Waals surface area (Å²) in [7, 11) is 1.53. The fourth-order valence-electron chi connectivity index (χ4n) is 4.19. The molecule has 0 spiro atoms. The first-order chi connectivity index (χ1) is 20.6. The zero-order chi connectivity index (χ0) is 31.4. The Bertz CT molecular complexity index is 1410. The van der Waals surface area contributed by atoms with Crippen LogP contribution >= 0.6 is 0 Å². The minimum absolute atomic E-state index is 0.0982. The third-order valence-corrected chi connectivity index (χ3v) is 6.66. The molecule has 0 fully saturated rings. The molecule has 0 bridgehead atoms. The van der Waals surface area contributed by atoms with E-state index in [1.54, 1.807) is 38.1 Å². The zero-order valence-corrected chi connectivity index (χ0v) is 24.6. The van der Waals surface area contributed by atoms with Crippen molar-refractivity contribution >= 4 is 29.4 Å². The number of rotatable bonds is 14. The molecule has 1 heterocycles. The number of nitrogens with one attached hydrogen (secondary N) is 4. The summed E-state index contributed by atoms with van der Waals surface area (Å²) in [5, 5.41) is 10.5. The van der Waals surface area contributed by atoms with E-state index in [4.69, 9.17) is 4.74 Å². The van der Waals surface area contributed by atoms with Crippen molar-refractivity contribution in [1.82, 2.24) is 26.3 Å². The monoisotopic (exact) mass is 587 g/mol. The molecule has 0 radical (unpaired) electrons. The number of ketones is 1. The zero-order valence-electron chi connectivity index (χ0n) is 24.6. The van der Waals surface area contributed by atoms with Gasteiger partial charge in [-0.25, -0.2) is 0 Å². The second-order valence-electron chi connectivity index (χ2n) is 10.3. The van der Waals surface area contributed by atoms with Crippen LogP contribution in [0.2, 0.25) is 0 Å². The van der Waals surface area contributed by atoms with Gasteiger partial charge in [-0.05, 0) is 48.2 Å². The van der Waals surface area contributed by atoms with Crippen molar-refractivity contribution in [2.45, 2.75) is 51.9 Å². The molecule has 3 atom stereocenters. The van der Waals surface area contributed by atoms with E-state index in [-0.39, 0.29) is 13.0 Å². The summed E-state index contributed by atoms with van der Waals surface area (Å²) in [4.78, 5) is 68.8. The maximum atomic E-state index is 13.3. The number of carbonyl (C=O) groups is 5. The van der Waals surface area contributed by atoms with E-state index < -0.39 is 53.5 Å². The van der Waals surface area contributed by atoms with E-state index >= 15 is 0 Å². The van der Waals surface area contributed by atoms with Crippen LogP contribution in [-0.2, 0) is 32.1 Å². The number of nitrogens with zero attached hydrogens (tertiary/aromatic N) is 1. The van der Waals surface area contributed by atoms with Gasteiger partial charge in [0.15, 0.2) is 0 Å². The summed E-state index contributed by atoms with van der Waals surface area (Å²) in [5.74, 6) is -3.16. The highest BCUT2D eigenvalue weighted by atomic mass is 16.5. The van der Waals surface area contributed by atoms with Gasteiger partial charge < -0.3 is 26.0 Å². The molecule has 3 unspecified atom stereocenters. The van der Waals surface area contributed by atoms with Crippen molar-refractivity contribution in [3.8, 4) is 5.75 Å². The SMILES string of the molecule is COc1cccc(CNC(=O)C(=O)C(NC(=O)C(C)NC(=O)C(Cc2ccccc2)NC(=O)c2ccncc2)C(C)C)c1. The highest BCUT2D eigenvalue weighted by molar-refractivity contribution is 6.38. The van der Waals surface area contributed by atoms with Crippen LogP contribution in [0.5, 0.6) is 5.75 Å². The van der Waals surface area contributed by atoms with Crippen LogP contribution in [0.15, 0.2) is 79.1 Å². The Balaban J connectivity index is 1.64. The fraction of sp³-hybridized carbons (Fsp3) is 0.312. The summed E-state index contributed by atoms with van der Waals surface area (Å²) < 4.78 is 5.18. The van der Waals surface area contributed by atoms with Gasteiger partial charge in [-0.3, -0.25) is 29.0 Å². The van der Waals surface area contributed by atoms with Crippen LogP contribution in [0.25, 0.3) is 0 Å². The van der Waals surface area contributed by atoms with Crippen molar-refractivity contribution in [3.05, 3.63) is 95.8 Å². The van der Waals surface area contributed by atoms with Crippen LogP contribution in [0.3, 0.4) is 0 Å². The average molecular weight is 588 g/mol. The number of methoxy groups -OCH3 is 1. The predicted octanol–water partition coefficient (Wildman–Crippen LogP) is 1.96. The predicted molar refractivity (Wildman–Crippen MR) is 160 cm³/mol. The molecule has 4 N–H and O–H groups in total. The normalized spacial score (nSPS) is 12.8. The van der Waals surface area contributed by atoms with Crippen LogP contribution in [0.1, 0.15) is 42.3 Å². The van der Waals surface area contributed by atoms with Gasteiger partial charge in [-0.15, -0.1) is 0 Å². The van der Waals surface area contributed by atoms with Crippen molar-refractivity contribution in [2.75, 3.05) is 7.11 Å². The number of ether oxygens (including phenoxy) is 1. The van der Waals surface area contributed by atoms with Crippen molar-refractivity contribution in [1.29, 1.82) is 0 Å². The Morgan fingerprint density at radius 1 is 0.791 bits per heavy atom. The summed E-state index contributed by atoms with van der Waals surface area (Å²) >= 11 is 0. The number of hydrogen-bond donors (Lipinski definition) is 4. The van der Waals surface area contributed by atoms with Crippen LogP contribution in [-0.4, -0.2) is 59.6 Å². The lowest BCUT2D eigenvalue weighted by Gasteiger charge is -2.25. The lowest BCUT2D eigenvalue weighted by Crippen LogP contribution is -2.57. The summed E-state index contributed by atoms with van der Waals surface area (Å²) in [6, 6.07) is 16.0. The third kappa shape index (κ3) is 9.77. The van der Waals surface area contributed by atoms with Gasteiger partial charge in [0.2, 0.25) is 17.6 Å². The Kier molecular flexibility index (Phi) is 11.9. The Morgan fingerprint density at radius 2 is 1.47 bits per heavy atom. The lowest BCUT2D eigenvalue weighted by atomic mass is 9.98. The first kappa shape index (κ1) is 32.5. The molecule has 11 heteroatoms. The molecule has 226 valence electrons. The largest absolute Gasteiger partial charge is 0.497 e. The Hall–Kier alpha value is -5.06. The highest BCUT2D eigenvalue weighted by Crippen LogP contribution is 2.12. The number of Topliss-reactive ketones (excluding diaryl/α,β-unsaturated/α-hetero) is 1. The maximum Gasteiger partial charge on any atom is 0.289 e. The Morgan fingerprint density at radius 3 is 2.12 bits per heavy atom. The van der Waals surface area contributed by atoms with Gasteiger partial charge >= 0.3 is 0 Å². The number of aromatic nitrogens is 1. The molecule has 1 aromatic heterocycles. The standard InChI is InChI=1S/C32H37N5O6/c1-20(2)27(28(38)32(42)34-19-23-11-8-12-25(17-23)43-4)37-29(39)21(3)35-31(41)26(18-22-9-6-5-7-10-22)36-30(40)24-13-15-33-16-14-24/h5-17,20-21,26-27H,18-19H2,1-4H3,(H,34,42)(H,35,41)(H,36,40)(H,37,39). The molecular formula is C32H37N5O6. The number of amides is 4. The highest BCUT2D eigenvalue weighted by Gasteiger charge is 2.32. The average Bonchev–Trinajstić information content (AvgIpc) is 3.02. The van der Waals surface area contributed by atoms with Crippen LogP contribution in [0, 0.1) is 5.92 Å². The molecular weight excluding hydrogens is 550 g/mol. The number of carbonyl (C=O) groups excluding carboxylic acids is 5. The van der Waals surface area contributed by atoms with E-state index in [0.29, 0.717) is 11.3 Å². The molecule has 4 amide bonds. The molecule has 2 aromatic carbocycles. The quantitative estimate of drug-likeness (QED) is 0.210. The summed E-state index contributed by atoms with van der Waals surface area (Å²) in [6.45, 7) is 4.96.